The highest BCUT2D eigenvalue weighted by atomic mass is 35.5. The maximum atomic E-state index is 13.7. The number of carbonyl (C=O) groups is 1. The molecule has 3 N–H and O–H groups in total. The third kappa shape index (κ3) is 5.39. The van der Waals surface area contributed by atoms with Crippen molar-refractivity contribution in [2.75, 3.05) is 10.6 Å². The van der Waals surface area contributed by atoms with Crippen molar-refractivity contribution < 1.29 is 9.18 Å². The molecule has 0 aliphatic heterocycles. The molecule has 0 aromatic heterocycles. The summed E-state index contributed by atoms with van der Waals surface area (Å²) in [4.78, 5) is 12.1. The number of allylic oxidation sites excluding steroid dienone is 3. The number of nitrogens with one attached hydrogen (secondary N) is 3. The Morgan fingerprint density at radius 2 is 1.67 bits per heavy atom. The number of rotatable bonds is 4. The molecule has 27 heavy (non-hydrogen) atoms. The molecular formula is C20H16ClFN3OS. The van der Waals surface area contributed by atoms with Crippen molar-refractivity contribution in [3.05, 3.63) is 89.2 Å². The van der Waals surface area contributed by atoms with Gasteiger partial charge in [0, 0.05) is 28.5 Å². The number of carbonyl (C=O) groups excluding carboxylic acids is 1. The van der Waals surface area contributed by atoms with Gasteiger partial charge in [0.1, 0.15) is 5.82 Å². The molecular weight excluding hydrogens is 385 g/mol. The average molecular weight is 401 g/mol. The van der Waals surface area contributed by atoms with Crippen molar-refractivity contribution in [3.63, 3.8) is 0 Å². The molecule has 0 bridgehead atoms. The molecule has 2 aromatic carbocycles. The van der Waals surface area contributed by atoms with Crippen LogP contribution in [0.15, 0.2) is 71.4 Å². The van der Waals surface area contributed by atoms with E-state index in [4.69, 9.17) is 23.8 Å². The molecule has 1 radical (unpaired) electrons. The molecule has 3 rings (SSSR count). The molecule has 0 saturated carbocycles. The summed E-state index contributed by atoms with van der Waals surface area (Å²) in [5, 5.41) is 9.86. The molecule has 0 saturated heterocycles. The molecule has 0 atom stereocenters. The van der Waals surface area contributed by atoms with E-state index in [1.807, 2.05) is 12.5 Å². The fourth-order valence-corrected chi connectivity index (χ4v) is 2.87. The predicted molar refractivity (Wildman–Crippen MR) is 111 cm³/mol. The second-order valence-electron chi connectivity index (χ2n) is 5.72. The first-order valence-corrected chi connectivity index (χ1v) is 8.94. The van der Waals surface area contributed by atoms with E-state index in [1.165, 1.54) is 18.2 Å². The van der Waals surface area contributed by atoms with Crippen molar-refractivity contribution in [2.24, 2.45) is 0 Å². The monoisotopic (exact) mass is 400 g/mol. The Balaban J connectivity index is 1.57. The molecule has 1 aliphatic rings. The lowest BCUT2D eigenvalue weighted by molar-refractivity contribution is 0.102. The molecule has 1 amide bonds. The van der Waals surface area contributed by atoms with Gasteiger partial charge in [-0.15, -0.1) is 0 Å². The summed E-state index contributed by atoms with van der Waals surface area (Å²) in [6, 6.07) is 12.8. The maximum Gasteiger partial charge on any atom is 0.258 e. The highest BCUT2D eigenvalue weighted by molar-refractivity contribution is 7.80. The molecule has 0 spiro atoms. The lowest BCUT2D eigenvalue weighted by Crippen LogP contribution is -2.27. The van der Waals surface area contributed by atoms with E-state index in [-0.39, 0.29) is 5.56 Å². The zero-order valence-electron chi connectivity index (χ0n) is 14.1. The van der Waals surface area contributed by atoms with Crippen LogP contribution in [0, 0.1) is 12.2 Å². The molecule has 4 nitrogen and oxygen atoms in total. The third-order valence-electron chi connectivity index (χ3n) is 3.72. The van der Waals surface area contributed by atoms with E-state index in [1.54, 1.807) is 36.4 Å². The number of thiocarbonyl (C=S) groups is 1. The van der Waals surface area contributed by atoms with Gasteiger partial charge in [0.15, 0.2) is 5.11 Å². The summed E-state index contributed by atoms with van der Waals surface area (Å²) < 4.78 is 13.7. The van der Waals surface area contributed by atoms with Gasteiger partial charge in [-0.05, 0) is 61.1 Å². The Hall–Kier alpha value is -2.70. The molecule has 7 heteroatoms. The van der Waals surface area contributed by atoms with Crippen LogP contribution in [-0.4, -0.2) is 11.0 Å². The number of hydrogen-bond acceptors (Lipinski definition) is 2. The Morgan fingerprint density at radius 1 is 1.00 bits per heavy atom. The number of benzene rings is 2. The molecule has 2 aromatic rings. The zero-order chi connectivity index (χ0) is 19.2. The van der Waals surface area contributed by atoms with Gasteiger partial charge in [-0.25, -0.2) is 4.39 Å². The minimum absolute atomic E-state index is 0.00482. The minimum Gasteiger partial charge on any atom is -0.333 e. The van der Waals surface area contributed by atoms with Gasteiger partial charge in [0.2, 0.25) is 0 Å². The second-order valence-corrected chi connectivity index (χ2v) is 6.56. The Bertz CT molecular complexity index is 925. The van der Waals surface area contributed by atoms with E-state index in [2.05, 4.69) is 16.0 Å². The number of hydrogen-bond donors (Lipinski definition) is 3. The second kappa shape index (κ2) is 8.79. The van der Waals surface area contributed by atoms with Crippen LogP contribution in [-0.2, 0) is 0 Å². The largest absolute Gasteiger partial charge is 0.333 e. The van der Waals surface area contributed by atoms with Crippen molar-refractivity contribution >= 4 is 46.2 Å². The van der Waals surface area contributed by atoms with E-state index in [0.29, 0.717) is 15.8 Å². The van der Waals surface area contributed by atoms with Crippen LogP contribution >= 0.6 is 23.8 Å². The smallest absolute Gasteiger partial charge is 0.258 e. The fraction of sp³-hybridized carbons (Fsp3) is 0.0500. The molecule has 0 unspecified atom stereocenters. The lowest BCUT2D eigenvalue weighted by atomic mass is 10.1. The summed E-state index contributed by atoms with van der Waals surface area (Å²) in [6.07, 6.45) is 6.41. The van der Waals surface area contributed by atoms with E-state index in [9.17, 15) is 9.18 Å². The van der Waals surface area contributed by atoms with Gasteiger partial charge in [-0.2, -0.15) is 0 Å². The maximum absolute atomic E-state index is 13.7. The minimum atomic E-state index is -0.562. The quantitative estimate of drug-likeness (QED) is 0.633. The SMILES string of the molecule is O=C(Nc1ccc(NC(=S)NC2=CC[CH]C(Cl)=C2)cc1)c1ccccc1F. The van der Waals surface area contributed by atoms with Crippen molar-refractivity contribution in [1.82, 2.24) is 5.32 Å². The van der Waals surface area contributed by atoms with Crippen LogP contribution in [0.3, 0.4) is 0 Å². The Labute approximate surface area is 167 Å². The first-order chi connectivity index (χ1) is 13.0. The third-order valence-corrected chi connectivity index (χ3v) is 4.19. The first-order valence-electron chi connectivity index (χ1n) is 8.16. The Kier molecular flexibility index (Phi) is 6.21. The van der Waals surface area contributed by atoms with Crippen molar-refractivity contribution in [1.29, 1.82) is 0 Å². The summed E-state index contributed by atoms with van der Waals surface area (Å²) >= 11 is 11.3. The van der Waals surface area contributed by atoms with Gasteiger partial charge in [0.25, 0.3) is 5.91 Å². The van der Waals surface area contributed by atoms with Crippen LogP contribution in [0.4, 0.5) is 15.8 Å². The van der Waals surface area contributed by atoms with Gasteiger partial charge in [0.05, 0.1) is 5.56 Å². The van der Waals surface area contributed by atoms with E-state index >= 15 is 0 Å². The van der Waals surface area contributed by atoms with Crippen molar-refractivity contribution in [2.45, 2.75) is 6.42 Å². The lowest BCUT2D eigenvalue weighted by Gasteiger charge is -2.14. The first kappa shape index (κ1) is 19.1. The van der Waals surface area contributed by atoms with Crippen LogP contribution < -0.4 is 16.0 Å². The van der Waals surface area contributed by atoms with E-state index < -0.39 is 11.7 Å². The average Bonchev–Trinajstić information content (AvgIpc) is 2.63. The predicted octanol–water partition coefficient (Wildman–Crippen LogP) is 4.98. The standard InChI is InChI=1S/C20H16ClFN3OS/c21-13-4-3-5-16(12-13)25-20(27)24-15-10-8-14(9-11-15)23-19(26)17-6-1-2-7-18(17)22/h1-2,4-12H,3H2,(H,23,26)(H2,24,25,27). The molecule has 0 heterocycles. The van der Waals surface area contributed by atoms with Gasteiger partial charge >= 0.3 is 0 Å². The molecule has 137 valence electrons. The van der Waals surface area contributed by atoms with Crippen molar-refractivity contribution in [3.8, 4) is 0 Å². The highest BCUT2D eigenvalue weighted by Crippen LogP contribution is 2.19. The van der Waals surface area contributed by atoms with Crippen LogP contribution in [0.1, 0.15) is 16.8 Å². The normalized spacial score (nSPS) is 13.3. The van der Waals surface area contributed by atoms with Crippen LogP contribution in [0.5, 0.6) is 0 Å². The molecule has 0 fully saturated rings. The summed E-state index contributed by atoms with van der Waals surface area (Å²) in [6.45, 7) is 0. The number of halogens is 2. The summed E-state index contributed by atoms with van der Waals surface area (Å²) in [5.41, 5.74) is 2.12. The van der Waals surface area contributed by atoms with Gasteiger partial charge in [-0.1, -0.05) is 29.8 Å². The number of amides is 1. The number of anilines is 2. The highest BCUT2D eigenvalue weighted by Gasteiger charge is 2.11. The summed E-state index contributed by atoms with van der Waals surface area (Å²) in [5.74, 6) is -1.07. The molecule has 1 aliphatic carbocycles. The Morgan fingerprint density at radius 3 is 2.33 bits per heavy atom. The fourth-order valence-electron chi connectivity index (χ4n) is 2.43. The van der Waals surface area contributed by atoms with Gasteiger partial charge in [-0.3, -0.25) is 4.79 Å². The van der Waals surface area contributed by atoms with Crippen LogP contribution in [0.25, 0.3) is 0 Å². The van der Waals surface area contributed by atoms with Gasteiger partial charge < -0.3 is 16.0 Å². The van der Waals surface area contributed by atoms with E-state index in [0.717, 1.165) is 17.8 Å². The summed E-state index contributed by atoms with van der Waals surface area (Å²) in [7, 11) is 0. The zero-order valence-corrected chi connectivity index (χ0v) is 15.7. The topological polar surface area (TPSA) is 53.2 Å². The van der Waals surface area contributed by atoms with Crippen LogP contribution in [0.2, 0.25) is 0 Å².